The zero-order valence-electron chi connectivity index (χ0n) is 22.3. The largest absolute Gasteiger partial charge is 0.458 e. The number of ether oxygens (including phenoxy) is 3. The first kappa shape index (κ1) is 26.8. The predicted octanol–water partition coefficient (Wildman–Crippen LogP) is 1.64. The van der Waals surface area contributed by atoms with Crippen molar-refractivity contribution in [3.8, 4) is 0 Å². The van der Waals surface area contributed by atoms with Gasteiger partial charge in [-0.05, 0) is 94.0 Å². The summed E-state index contributed by atoms with van der Waals surface area (Å²) in [5.41, 5.74) is -0.739. The number of aliphatic hydroxyl groups is 4. The van der Waals surface area contributed by atoms with E-state index in [-0.39, 0.29) is 41.2 Å². The standard InChI is InChI=1S/C29H42O9/c1-15-23(32)24(33)25(34)26(37-15)38-18-5-9-28(14-30)17(12-18)3-4-21-20(28)6-8-27(2)19(7-10-29(21,27)35)16-11-22(31)36-13-16/h11,14-15,17-21,23-26,32-35H,3-10,12-13H2,1-2H3/t15-,17?,18?,19?,20?,21?,23+,24-,25-,26+,27?,28?,29?/m1/s1. The summed E-state index contributed by atoms with van der Waals surface area (Å²) in [6, 6.07) is 0. The molecule has 4 N–H and O–H groups in total. The summed E-state index contributed by atoms with van der Waals surface area (Å²) in [6.45, 7) is 4.13. The van der Waals surface area contributed by atoms with Gasteiger partial charge in [0.2, 0.25) is 0 Å². The maximum Gasteiger partial charge on any atom is 0.331 e. The molecule has 4 saturated carbocycles. The van der Waals surface area contributed by atoms with E-state index < -0.39 is 41.7 Å². The van der Waals surface area contributed by atoms with Crippen LogP contribution in [-0.2, 0) is 23.8 Å². The average Bonchev–Trinajstić information content (AvgIpc) is 3.45. The number of rotatable bonds is 4. The van der Waals surface area contributed by atoms with Gasteiger partial charge in [0.05, 0.1) is 17.8 Å². The number of fused-ring (bicyclic) bond motifs is 5. The van der Waals surface area contributed by atoms with Crippen molar-refractivity contribution in [2.75, 3.05) is 6.61 Å². The van der Waals surface area contributed by atoms with Gasteiger partial charge in [0, 0.05) is 16.9 Å². The van der Waals surface area contributed by atoms with Crippen molar-refractivity contribution in [1.82, 2.24) is 0 Å². The Bertz CT molecular complexity index is 999. The van der Waals surface area contributed by atoms with E-state index in [2.05, 4.69) is 6.92 Å². The summed E-state index contributed by atoms with van der Waals surface area (Å²) >= 11 is 0. The number of carbonyl (C=O) groups is 2. The van der Waals surface area contributed by atoms with Gasteiger partial charge in [0.15, 0.2) is 6.29 Å². The fourth-order valence-electron chi connectivity index (χ4n) is 9.73. The number of cyclic esters (lactones) is 1. The van der Waals surface area contributed by atoms with Crippen LogP contribution in [0, 0.1) is 34.5 Å². The molecule has 0 amide bonds. The summed E-state index contributed by atoms with van der Waals surface area (Å²) in [6.07, 6.45) is 3.80. The Morgan fingerprint density at radius 1 is 1.00 bits per heavy atom. The quantitative estimate of drug-likeness (QED) is 0.240. The molecule has 5 fully saturated rings. The molecule has 0 aromatic rings. The van der Waals surface area contributed by atoms with Crippen LogP contribution in [0.1, 0.15) is 71.6 Å². The fourth-order valence-corrected chi connectivity index (χ4v) is 9.73. The number of aliphatic hydroxyl groups excluding tert-OH is 3. The van der Waals surface area contributed by atoms with E-state index in [1.165, 1.54) is 6.29 Å². The third-order valence-corrected chi connectivity index (χ3v) is 11.9. The molecule has 4 aliphatic carbocycles. The van der Waals surface area contributed by atoms with Crippen molar-refractivity contribution in [1.29, 1.82) is 0 Å². The lowest BCUT2D eigenvalue weighted by atomic mass is 9.43. The van der Waals surface area contributed by atoms with Gasteiger partial charge >= 0.3 is 5.97 Å². The Labute approximate surface area is 223 Å². The third kappa shape index (κ3) is 3.72. The van der Waals surface area contributed by atoms with Gasteiger partial charge in [0.25, 0.3) is 0 Å². The monoisotopic (exact) mass is 534 g/mol. The minimum Gasteiger partial charge on any atom is -0.458 e. The second-order valence-corrected chi connectivity index (χ2v) is 13.2. The van der Waals surface area contributed by atoms with Crippen LogP contribution in [0.3, 0.4) is 0 Å². The van der Waals surface area contributed by atoms with Gasteiger partial charge in [-0.25, -0.2) is 4.79 Å². The molecule has 0 bridgehead atoms. The summed E-state index contributed by atoms with van der Waals surface area (Å²) in [7, 11) is 0. The van der Waals surface area contributed by atoms with Crippen molar-refractivity contribution in [3.63, 3.8) is 0 Å². The molecule has 212 valence electrons. The second-order valence-electron chi connectivity index (χ2n) is 13.2. The molecular formula is C29H42O9. The van der Waals surface area contributed by atoms with E-state index >= 15 is 0 Å². The SMILES string of the molecule is C[C@H]1O[C@@H](OC2CCC3(C=O)C(CCC4C3CCC3(C)C(C5=CC(=O)OC5)CCC43O)C2)[C@H](O)[C@H](O)[C@H]1O. The van der Waals surface area contributed by atoms with Crippen LogP contribution in [0.15, 0.2) is 11.6 Å². The molecule has 0 radical (unpaired) electrons. The normalized spacial score (nSPS) is 54.4. The lowest BCUT2D eigenvalue weighted by molar-refractivity contribution is -0.309. The Morgan fingerprint density at radius 3 is 2.50 bits per heavy atom. The van der Waals surface area contributed by atoms with E-state index in [0.29, 0.717) is 32.3 Å². The second kappa shape index (κ2) is 9.35. The van der Waals surface area contributed by atoms with E-state index in [4.69, 9.17) is 14.2 Å². The highest BCUT2D eigenvalue weighted by molar-refractivity contribution is 5.85. The zero-order valence-corrected chi connectivity index (χ0v) is 22.3. The molecule has 6 rings (SSSR count). The van der Waals surface area contributed by atoms with Gasteiger partial charge < -0.3 is 39.4 Å². The first-order valence-electron chi connectivity index (χ1n) is 14.4. The maximum absolute atomic E-state index is 12.9. The minimum absolute atomic E-state index is 0.0322. The molecule has 0 aromatic carbocycles. The smallest absolute Gasteiger partial charge is 0.331 e. The van der Waals surface area contributed by atoms with Crippen LogP contribution in [-0.4, -0.2) is 81.7 Å². The highest BCUT2D eigenvalue weighted by Gasteiger charge is 2.68. The molecule has 1 saturated heterocycles. The molecular weight excluding hydrogens is 492 g/mol. The first-order valence-corrected chi connectivity index (χ1v) is 14.4. The molecule has 2 aliphatic heterocycles. The molecule has 8 unspecified atom stereocenters. The maximum atomic E-state index is 12.9. The van der Waals surface area contributed by atoms with Crippen molar-refractivity contribution < 1.29 is 44.2 Å². The number of aldehydes is 1. The van der Waals surface area contributed by atoms with E-state index in [0.717, 1.165) is 37.7 Å². The molecule has 9 heteroatoms. The number of hydrogen-bond donors (Lipinski definition) is 4. The zero-order chi connectivity index (χ0) is 27.0. The molecule has 0 spiro atoms. The van der Waals surface area contributed by atoms with Crippen molar-refractivity contribution in [3.05, 3.63) is 11.6 Å². The van der Waals surface area contributed by atoms with Crippen LogP contribution < -0.4 is 0 Å². The molecule has 0 aromatic heterocycles. The summed E-state index contributed by atoms with van der Waals surface area (Å²) in [4.78, 5) is 24.7. The highest BCUT2D eigenvalue weighted by atomic mass is 16.7. The molecule has 2 heterocycles. The topological polar surface area (TPSA) is 143 Å². The van der Waals surface area contributed by atoms with E-state index in [1.54, 1.807) is 13.0 Å². The predicted molar refractivity (Wildman–Crippen MR) is 133 cm³/mol. The Morgan fingerprint density at radius 2 is 1.79 bits per heavy atom. The van der Waals surface area contributed by atoms with Crippen LogP contribution in [0.25, 0.3) is 0 Å². The molecule has 13 atom stereocenters. The Balaban J connectivity index is 1.19. The third-order valence-electron chi connectivity index (χ3n) is 11.9. The number of carbonyl (C=O) groups excluding carboxylic acids is 2. The number of esters is 1. The molecule has 6 aliphatic rings. The molecule has 9 nitrogen and oxygen atoms in total. The van der Waals surface area contributed by atoms with Crippen LogP contribution >= 0.6 is 0 Å². The first-order chi connectivity index (χ1) is 18.0. The van der Waals surface area contributed by atoms with Crippen molar-refractivity contribution in [2.45, 2.75) is 114 Å². The Hall–Kier alpha value is -1.36. The van der Waals surface area contributed by atoms with Crippen LogP contribution in [0.5, 0.6) is 0 Å². The van der Waals surface area contributed by atoms with Crippen molar-refractivity contribution >= 4 is 12.3 Å². The van der Waals surface area contributed by atoms with Crippen molar-refractivity contribution in [2.24, 2.45) is 34.5 Å². The lowest BCUT2D eigenvalue weighted by Gasteiger charge is -2.63. The fraction of sp³-hybridized carbons (Fsp3) is 0.862. The highest BCUT2D eigenvalue weighted by Crippen LogP contribution is 2.69. The van der Waals surface area contributed by atoms with Gasteiger partial charge in [-0.1, -0.05) is 6.92 Å². The van der Waals surface area contributed by atoms with Gasteiger partial charge in [0.1, 0.15) is 31.2 Å². The number of hydrogen-bond acceptors (Lipinski definition) is 9. The van der Waals surface area contributed by atoms with Gasteiger partial charge in [-0.3, -0.25) is 0 Å². The van der Waals surface area contributed by atoms with Gasteiger partial charge in [-0.2, -0.15) is 0 Å². The molecule has 38 heavy (non-hydrogen) atoms. The Kier molecular flexibility index (Phi) is 6.60. The minimum atomic E-state index is -1.34. The van der Waals surface area contributed by atoms with E-state index in [9.17, 15) is 30.0 Å². The van der Waals surface area contributed by atoms with Crippen LogP contribution in [0.4, 0.5) is 0 Å². The summed E-state index contributed by atoms with van der Waals surface area (Å²) in [5.74, 6) is 0.0678. The lowest BCUT2D eigenvalue weighted by Crippen LogP contribution is -2.63. The van der Waals surface area contributed by atoms with E-state index in [1.807, 2.05) is 0 Å². The summed E-state index contributed by atoms with van der Waals surface area (Å²) in [5, 5.41) is 42.9. The van der Waals surface area contributed by atoms with Gasteiger partial charge in [-0.15, -0.1) is 0 Å². The summed E-state index contributed by atoms with van der Waals surface area (Å²) < 4.78 is 17.0. The average molecular weight is 535 g/mol. The van der Waals surface area contributed by atoms with Crippen LogP contribution in [0.2, 0.25) is 0 Å².